The normalized spacial score (nSPS) is 27.2. The Labute approximate surface area is 171 Å². The topological polar surface area (TPSA) is 120 Å². The van der Waals surface area contributed by atoms with E-state index in [0.29, 0.717) is 0 Å². The number of rotatable bonds is 4. The summed E-state index contributed by atoms with van der Waals surface area (Å²) in [6, 6.07) is 8.07. The Kier molecular flexibility index (Phi) is 6.75. The fourth-order valence-corrected chi connectivity index (χ4v) is 4.71. The third kappa shape index (κ3) is 5.23. The molecule has 9 heteroatoms. The molecule has 4 heterocycles. The molecule has 3 aliphatic rings. The number of aliphatic hydroxyl groups excluding tert-OH is 1. The first-order chi connectivity index (χ1) is 13.7. The van der Waals surface area contributed by atoms with Crippen molar-refractivity contribution in [3.8, 4) is 5.75 Å². The van der Waals surface area contributed by atoms with E-state index in [-0.39, 0.29) is 6.04 Å². The van der Waals surface area contributed by atoms with Crippen LogP contribution in [0.4, 0.5) is 0 Å². The molecule has 29 heavy (non-hydrogen) atoms. The lowest BCUT2D eigenvalue weighted by molar-refractivity contribution is -0.0562. The van der Waals surface area contributed by atoms with E-state index >= 15 is 0 Å². The van der Waals surface area contributed by atoms with Crippen LogP contribution in [0, 0.1) is 11.8 Å². The predicted molar refractivity (Wildman–Crippen MR) is 109 cm³/mol. The molecule has 1 aromatic carbocycles. The molecule has 1 aromatic heterocycles. The zero-order chi connectivity index (χ0) is 21.2. The van der Waals surface area contributed by atoms with Gasteiger partial charge >= 0.3 is 10.4 Å². The van der Waals surface area contributed by atoms with Gasteiger partial charge in [0.05, 0.1) is 18.7 Å². The van der Waals surface area contributed by atoms with Gasteiger partial charge in [-0.25, -0.2) is 0 Å². The van der Waals surface area contributed by atoms with Crippen molar-refractivity contribution in [1.29, 1.82) is 0 Å². The molecule has 3 aliphatic heterocycles. The molecule has 0 unspecified atom stereocenters. The first-order valence-corrected chi connectivity index (χ1v) is 11.2. The van der Waals surface area contributed by atoms with Crippen molar-refractivity contribution in [3.63, 3.8) is 0 Å². The number of aliphatic hydroxyl groups is 1. The summed E-state index contributed by atoms with van der Waals surface area (Å²) in [4.78, 5) is 6.94. The van der Waals surface area contributed by atoms with Crippen molar-refractivity contribution < 1.29 is 27.4 Å². The van der Waals surface area contributed by atoms with Crippen LogP contribution in [0.15, 0.2) is 30.5 Å². The van der Waals surface area contributed by atoms with Gasteiger partial charge in [0.1, 0.15) is 5.75 Å². The monoisotopic (exact) mass is 424 g/mol. The molecule has 8 nitrogen and oxygen atoms in total. The maximum atomic E-state index is 11.2. The molecule has 3 saturated heterocycles. The number of piperidine rings is 3. The third-order valence-electron chi connectivity index (χ3n) is 6.13. The lowest BCUT2D eigenvalue weighted by atomic mass is 9.72. The molecular weight excluding hydrogens is 396 g/mol. The van der Waals surface area contributed by atoms with Gasteiger partial charge in [-0.2, -0.15) is 8.42 Å². The summed E-state index contributed by atoms with van der Waals surface area (Å²) in [6.45, 7) is 4.55. The number of methoxy groups -OCH3 is 1. The van der Waals surface area contributed by atoms with Crippen molar-refractivity contribution in [3.05, 3.63) is 36.0 Å². The highest BCUT2D eigenvalue weighted by molar-refractivity contribution is 7.79. The van der Waals surface area contributed by atoms with E-state index in [4.69, 9.17) is 22.3 Å². The number of hydrogen-bond acceptors (Lipinski definition) is 6. The first kappa shape index (κ1) is 21.9. The Balaban J connectivity index is 0.000000431. The minimum absolute atomic E-state index is 0.225. The number of nitrogens with zero attached hydrogens (tertiary/aromatic N) is 2. The summed E-state index contributed by atoms with van der Waals surface area (Å²) in [5.41, 5.74) is 1.89. The van der Waals surface area contributed by atoms with Gasteiger partial charge in [0, 0.05) is 24.2 Å². The number of ether oxygens (including phenoxy) is 1. The quantitative estimate of drug-likeness (QED) is 0.641. The molecule has 5 rings (SSSR count). The smallest absolute Gasteiger partial charge is 0.394 e. The highest BCUT2D eigenvalue weighted by Gasteiger charge is 2.42. The molecule has 3 N–H and O–H groups in total. The van der Waals surface area contributed by atoms with Crippen LogP contribution >= 0.6 is 0 Å². The van der Waals surface area contributed by atoms with Crippen molar-refractivity contribution in [1.82, 2.24) is 9.88 Å². The van der Waals surface area contributed by atoms with Gasteiger partial charge in [0.15, 0.2) is 0 Å². The van der Waals surface area contributed by atoms with Crippen LogP contribution < -0.4 is 4.74 Å². The predicted octanol–water partition coefficient (Wildman–Crippen LogP) is 2.74. The van der Waals surface area contributed by atoms with Gasteiger partial charge in [-0.1, -0.05) is 13.3 Å². The van der Waals surface area contributed by atoms with Crippen molar-refractivity contribution in [2.45, 2.75) is 38.3 Å². The van der Waals surface area contributed by atoms with Crippen LogP contribution in [0.3, 0.4) is 0 Å². The van der Waals surface area contributed by atoms with Gasteiger partial charge in [0.2, 0.25) is 0 Å². The van der Waals surface area contributed by atoms with Crippen molar-refractivity contribution >= 4 is 21.3 Å². The molecule has 0 amide bonds. The second-order valence-corrected chi connectivity index (χ2v) is 8.59. The fraction of sp³-hybridized carbons (Fsp3) is 0.550. The van der Waals surface area contributed by atoms with Crippen LogP contribution in [0.1, 0.15) is 37.9 Å². The Bertz CT molecular complexity index is 943. The van der Waals surface area contributed by atoms with E-state index in [1.54, 1.807) is 13.3 Å². The molecule has 0 saturated carbocycles. The number of aromatic nitrogens is 1. The average Bonchev–Trinajstić information content (AvgIpc) is 2.71. The second-order valence-electron chi connectivity index (χ2n) is 7.69. The van der Waals surface area contributed by atoms with E-state index in [1.807, 2.05) is 24.3 Å². The Morgan fingerprint density at radius 1 is 1.31 bits per heavy atom. The molecule has 2 aromatic rings. The minimum Gasteiger partial charge on any atom is -0.497 e. The lowest BCUT2D eigenvalue weighted by Crippen LogP contribution is -2.55. The maximum Gasteiger partial charge on any atom is 0.394 e. The molecule has 0 radical (unpaired) electrons. The summed E-state index contributed by atoms with van der Waals surface area (Å²) in [7, 11) is -3.00. The molecule has 0 spiro atoms. The third-order valence-corrected chi connectivity index (χ3v) is 6.13. The molecular formula is C20H28N2O6S. The maximum absolute atomic E-state index is 11.2. The van der Waals surface area contributed by atoms with Crippen molar-refractivity contribution in [2.75, 3.05) is 20.2 Å². The SMILES string of the molecule is CC[C@H]1C[N@]2CC[C@H]1C[C@H]2[C@H](O)c1ccnc2ccc(OC)cc12.O=S(=O)(O)O. The van der Waals surface area contributed by atoms with Crippen LogP contribution in [0.25, 0.3) is 10.9 Å². The van der Waals surface area contributed by atoms with Gasteiger partial charge < -0.3 is 9.84 Å². The summed E-state index contributed by atoms with van der Waals surface area (Å²) < 4.78 is 36.9. The molecule has 2 bridgehead atoms. The zero-order valence-electron chi connectivity index (χ0n) is 16.6. The van der Waals surface area contributed by atoms with Crippen LogP contribution in [0.5, 0.6) is 5.75 Å². The van der Waals surface area contributed by atoms with Gasteiger partial charge in [0.25, 0.3) is 0 Å². The molecule has 0 aliphatic carbocycles. The zero-order valence-corrected chi connectivity index (χ0v) is 17.4. The van der Waals surface area contributed by atoms with Crippen LogP contribution in [-0.2, 0) is 10.4 Å². The lowest BCUT2D eigenvalue weighted by Gasteiger charge is -2.51. The Morgan fingerprint density at radius 2 is 2.03 bits per heavy atom. The van der Waals surface area contributed by atoms with E-state index in [9.17, 15) is 5.11 Å². The van der Waals surface area contributed by atoms with Crippen molar-refractivity contribution in [2.24, 2.45) is 11.8 Å². The molecule has 5 atom stereocenters. The standard InChI is InChI=1S/C20H26N2O2.H2O4S/c1-3-13-12-22-9-7-14(13)10-19(22)20(23)16-6-8-21-18-5-4-15(24-2)11-17(16)18;1-5(2,3)4/h4-6,8,11,13-14,19-20,23H,3,7,9-10,12H2,1-2H3;(H2,1,2,3,4)/t13-,14-,19-,20+;/m0./s1. The van der Waals surface area contributed by atoms with E-state index in [2.05, 4.69) is 16.8 Å². The molecule has 160 valence electrons. The summed E-state index contributed by atoms with van der Waals surface area (Å²) >= 11 is 0. The Hall–Kier alpha value is -1.78. The number of benzene rings is 1. The summed E-state index contributed by atoms with van der Waals surface area (Å²) in [5, 5.41) is 12.2. The van der Waals surface area contributed by atoms with E-state index < -0.39 is 16.5 Å². The summed E-state index contributed by atoms with van der Waals surface area (Å²) in [6.07, 6.45) is 4.97. The van der Waals surface area contributed by atoms with Crippen LogP contribution in [-0.4, -0.2) is 58.8 Å². The van der Waals surface area contributed by atoms with Gasteiger partial charge in [-0.05, 0) is 61.1 Å². The number of pyridine rings is 1. The minimum atomic E-state index is -4.67. The number of hydrogen-bond donors (Lipinski definition) is 3. The van der Waals surface area contributed by atoms with Crippen LogP contribution in [0.2, 0.25) is 0 Å². The van der Waals surface area contributed by atoms with Gasteiger partial charge in [-0.3, -0.25) is 19.0 Å². The highest BCUT2D eigenvalue weighted by atomic mass is 32.3. The summed E-state index contributed by atoms with van der Waals surface area (Å²) in [5.74, 6) is 2.37. The number of fused-ring (bicyclic) bond motifs is 4. The van der Waals surface area contributed by atoms with Gasteiger partial charge in [-0.15, -0.1) is 0 Å². The highest BCUT2D eigenvalue weighted by Crippen LogP contribution is 2.42. The first-order valence-electron chi connectivity index (χ1n) is 9.76. The van der Waals surface area contributed by atoms with E-state index in [0.717, 1.165) is 53.6 Å². The molecule has 3 fully saturated rings. The fourth-order valence-electron chi connectivity index (χ4n) is 4.71. The van der Waals surface area contributed by atoms with E-state index in [1.165, 1.54) is 12.8 Å². The second kappa shape index (κ2) is 8.93. The average molecular weight is 425 g/mol. The largest absolute Gasteiger partial charge is 0.497 e. The Morgan fingerprint density at radius 3 is 2.62 bits per heavy atom.